The number of aryl methyl sites for hydroxylation is 1. The number of nitriles is 1. The van der Waals surface area contributed by atoms with E-state index in [1.165, 1.54) is 6.07 Å². The van der Waals surface area contributed by atoms with Crippen molar-refractivity contribution in [3.8, 4) is 6.07 Å². The number of rotatable bonds is 4. The number of benzene rings is 1. The highest BCUT2D eigenvalue weighted by Crippen LogP contribution is 2.30. The molecular formula is C18H21FN4O. The number of aliphatic hydroxyl groups is 1. The van der Waals surface area contributed by atoms with Crippen LogP contribution in [0.15, 0.2) is 30.6 Å². The van der Waals surface area contributed by atoms with Crippen molar-refractivity contribution in [1.29, 1.82) is 5.26 Å². The monoisotopic (exact) mass is 328 g/mol. The topological polar surface area (TPSA) is 65.1 Å². The molecule has 1 atom stereocenters. The van der Waals surface area contributed by atoms with E-state index in [4.69, 9.17) is 5.26 Å². The van der Waals surface area contributed by atoms with Crippen LogP contribution in [0.25, 0.3) is 0 Å². The van der Waals surface area contributed by atoms with Crippen molar-refractivity contribution in [2.45, 2.75) is 25.5 Å². The zero-order valence-electron chi connectivity index (χ0n) is 13.7. The third-order valence-corrected chi connectivity index (χ3v) is 4.78. The maximum absolute atomic E-state index is 14.0. The van der Waals surface area contributed by atoms with Gasteiger partial charge in [-0.25, -0.2) is 9.37 Å². The van der Waals surface area contributed by atoms with Crippen LogP contribution in [0.3, 0.4) is 0 Å². The van der Waals surface area contributed by atoms with Crippen molar-refractivity contribution in [1.82, 2.24) is 14.5 Å². The molecule has 0 radical (unpaired) electrons. The van der Waals surface area contributed by atoms with Crippen LogP contribution in [-0.4, -0.2) is 32.6 Å². The average Bonchev–Trinajstić information content (AvgIpc) is 3.02. The standard InChI is InChI=1S/C18H21FN4O/c1-22-9-6-21-18(22)17(24)14-4-7-23(8-5-14)12-15-3-2-13(11-20)10-16(15)19/h2-3,6,9-10,14,17,24H,4-5,7-8,12H2,1H3. The lowest BCUT2D eigenvalue weighted by Gasteiger charge is -2.34. The first-order valence-electron chi connectivity index (χ1n) is 8.14. The van der Waals surface area contributed by atoms with Crippen LogP contribution in [0.2, 0.25) is 0 Å². The first-order valence-corrected chi connectivity index (χ1v) is 8.14. The Bertz CT molecular complexity index is 744. The van der Waals surface area contributed by atoms with Gasteiger partial charge in [-0.15, -0.1) is 0 Å². The van der Waals surface area contributed by atoms with E-state index >= 15 is 0 Å². The average molecular weight is 328 g/mol. The molecule has 0 aliphatic carbocycles. The van der Waals surface area contributed by atoms with Crippen LogP contribution in [0, 0.1) is 23.1 Å². The maximum Gasteiger partial charge on any atom is 0.137 e. The van der Waals surface area contributed by atoms with E-state index in [1.54, 1.807) is 18.3 Å². The Morgan fingerprint density at radius 1 is 1.42 bits per heavy atom. The Labute approximate surface area is 141 Å². The smallest absolute Gasteiger partial charge is 0.137 e. The normalized spacial score (nSPS) is 17.6. The number of imidazole rings is 1. The molecule has 1 fully saturated rings. The minimum absolute atomic E-state index is 0.174. The molecule has 1 aliphatic rings. The summed E-state index contributed by atoms with van der Waals surface area (Å²) in [6.07, 6.45) is 4.68. The first kappa shape index (κ1) is 16.6. The fourth-order valence-corrected chi connectivity index (χ4v) is 3.29. The molecule has 6 heteroatoms. The van der Waals surface area contributed by atoms with Crippen molar-refractivity contribution in [3.05, 3.63) is 53.4 Å². The molecule has 24 heavy (non-hydrogen) atoms. The van der Waals surface area contributed by atoms with Gasteiger partial charge in [0.15, 0.2) is 0 Å². The van der Waals surface area contributed by atoms with Gasteiger partial charge < -0.3 is 9.67 Å². The third kappa shape index (κ3) is 3.48. The quantitative estimate of drug-likeness (QED) is 0.936. The fraction of sp³-hybridized carbons (Fsp3) is 0.444. The van der Waals surface area contributed by atoms with Gasteiger partial charge in [0.2, 0.25) is 0 Å². The molecule has 1 aliphatic heterocycles. The predicted octanol–water partition coefficient (Wildman–Crippen LogP) is 2.38. The number of aliphatic hydroxyl groups excluding tert-OH is 1. The molecule has 0 bridgehead atoms. The molecule has 1 N–H and O–H groups in total. The SMILES string of the molecule is Cn1ccnc1C(O)C1CCN(Cc2ccc(C#N)cc2F)CC1. The molecule has 0 saturated carbocycles. The minimum Gasteiger partial charge on any atom is -0.385 e. The van der Waals surface area contributed by atoms with Gasteiger partial charge in [0, 0.05) is 31.5 Å². The number of hydrogen-bond donors (Lipinski definition) is 1. The Kier molecular flexibility index (Phi) is 4.93. The highest BCUT2D eigenvalue weighted by atomic mass is 19.1. The first-order chi connectivity index (χ1) is 11.6. The van der Waals surface area contributed by atoms with Gasteiger partial charge in [-0.3, -0.25) is 4.90 Å². The summed E-state index contributed by atoms with van der Waals surface area (Å²) < 4.78 is 15.8. The summed E-state index contributed by atoms with van der Waals surface area (Å²) in [6, 6.07) is 6.56. The largest absolute Gasteiger partial charge is 0.385 e. The van der Waals surface area contributed by atoms with Crippen molar-refractivity contribution in [2.24, 2.45) is 13.0 Å². The van der Waals surface area contributed by atoms with Crippen molar-refractivity contribution in [3.63, 3.8) is 0 Å². The zero-order chi connectivity index (χ0) is 17.1. The second kappa shape index (κ2) is 7.12. The summed E-state index contributed by atoms with van der Waals surface area (Å²) in [7, 11) is 1.88. The van der Waals surface area contributed by atoms with Gasteiger partial charge >= 0.3 is 0 Å². The molecule has 0 amide bonds. The molecule has 1 unspecified atom stereocenters. The number of hydrogen-bond acceptors (Lipinski definition) is 4. The van der Waals surface area contributed by atoms with E-state index in [0.717, 1.165) is 25.9 Å². The van der Waals surface area contributed by atoms with E-state index in [-0.39, 0.29) is 11.7 Å². The minimum atomic E-state index is -0.557. The summed E-state index contributed by atoms with van der Waals surface area (Å²) in [5, 5.41) is 19.3. The van der Waals surface area contributed by atoms with Crippen LogP contribution in [-0.2, 0) is 13.6 Å². The molecule has 5 nitrogen and oxygen atoms in total. The summed E-state index contributed by atoms with van der Waals surface area (Å²) in [4.78, 5) is 6.42. The molecular weight excluding hydrogens is 307 g/mol. The van der Waals surface area contributed by atoms with Crippen LogP contribution < -0.4 is 0 Å². The molecule has 1 aromatic carbocycles. The van der Waals surface area contributed by atoms with Crippen molar-refractivity contribution < 1.29 is 9.50 Å². The molecule has 2 heterocycles. The van der Waals surface area contributed by atoms with Crippen molar-refractivity contribution >= 4 is 0 Å². The summed E-state index contributed by atoms with van der Waals surface area (Å²) >= 11 is 0. The van der Waals surface area contributed by atoms with E-state index in [0.29, 0.717) is 23.5 Å². The van der Waals surface area contributed by atoms with Crippen LogP contribution >= 0.6 is 0 Å². The molecule has 1 saturated heterocycles. The van der Waals surface area contributed by atoms with Crippen molar-refractivity contribution in [2.75, 3.05) is 13.1 Å². The maximum atomic E-state index is 14.0. The van der Waals surface area contributed by atoms with Gasteiger partial charge in [-0.05, 0) is 44.0 Å². The number of likely N-dealkylation sites (tertiary alicyclic amines) is 1. The lowest BCUT2D eigenvalue weighted by atomic mass is 9.90. The number of halogens is 1. The van der Waals surface area contributed by atoms with Gasteiger partial charge in [0.05, 0.1) is 11.6 Å². The molecule has 3 rings (SSSR count). The molecule has 126 valence electrons. The van der Waals surface area contributed by atoms with Crippen LogP contribution in [0.5, 0.6) is 0 Å². The second-order valence-electron chi connectivity index (χ2n) is 6.37. The lowest BCUT2D eigenvalue weighted by molar-refractivity contribution is 0.0489. The summed E-state index contributed by atoms with van der Waals surface area (Å²) in [5.41, 5.74) is 0.949. The fourth-order valence-electron chi connectivity index (χ4n) is 3.29. The van der Waals surface area contributed by atoms with Gasteiger partial charge in [-0.2, -0.15) is 5.26 Å². The summed E-state index contributed by atoms with van der Waals surface area (Å²) in [5.74, 6) is 0.545. The third-order valence-electron chi connectivity index (χ3n) is 4.78. The molecule has 2 aromatic rings. The Morgan fingerprint density at radius 3 is 2.75 bits per heavy atom. The van der Waals surface area contributed by atoms with Crippen LogP contribution in [0.4, 0.5) is 4.39 Å². The number of aromatic nitrogens is 2. The van der Waals surface area contributed by atoms with Gasteiger partial charge in [-0.1, -0.05) is 6.07 Å². The zero-order valence-corrected chi connectivity index (χ0v) is 13.7. The summed E-state index contributed by atoms with van der Waals surface area (Å²) in [6.45, 7) is 2.15. The van der Waals surface area contributed by atoms with E-state index in [1.807, 2.05) is 23.9 Å². The highest BCUT2D eigenvalue weighted by Gasteiger charge is 2.28. The van der Waals surface area contributed by atoms with Gasteiger partial charge in [0.25, 0.3) is 0 Å². The highest BCUT2D eigenvalue weighted by molar-refractivity contribution is 5.32. The van der Waals surface area contributed by atoms with Gasteiger partial charge in [0.1, 0.15) is 17.7 Å². The Morgan fingerprint density at radius 2 is 2.17 bits per heavy atom. The van der Waals surface area contributed by atoms with E-state index < -0.39 is 6.10 Å². The van der Waals surface area contributed by atoms with E-state index in [2.05, 4.69) is 9.88 Å². The number of piperidine rings is 1. The molecule has 1 aromatic heterocycles. The Hall–Kier alpha value is -2.23. The van der Waals surface area contributed by atoms with E-state index in [9.17, 15) is 9.50 Å². The number of nitrogens with zero attached hydrogens (tertiary/aromatic N) is 4. The lowest BCUT2D eigenvalue weighted by Crippen LogP contribution is -2.35. The molecule has 0 spiro atoms. The second-order valence-corrected chi connectivity index (χ2v) is 6.37. The Balaban J connectivity index is 1.58. The predicted molar refractivity (Wildman–Crippen MR) is 87.3 cm³/mol. The van der Waals surface area contributed by atoms with Crippen LogP contribution in [0.1, 0.15) is 35.9 Å².